The monoisotopic (exact) mass is 414 g/mol. The molecule has 29 heavy (non-hydrogen) atoms. The average Bonchev–Trinajstić information content (AvgIpc) is 3.22. The maximum absolute atomic E-state index is 14.4. The van der Waals surface area contributed by atoms with Crippen molar-refractivity contribution in [1.29, 1.82) is 0 Å². The number of aliphatic imine (C=N–C) groups is 1. The average molecular weight is 415 g/mol. The second-order valence-electron chi connectivity index (χ2n) is 8.39. The van der Waals surface area contributed by atoms with Crippen molar-refractivity contribution in [2.75, 3.05) is 31.1 Å². The minimum Gasteiger partial charge on any atom is -0.347 e. The molecule has 2 aliphatic heterocycles. The molecule has 0 aliphatic carbocycles. The number of nitrogens with one attached hydrogen (secondary N) is 1. The fourth-order valence-corrected chi connectivity index (χ4v) is 5.41. The van der Waals surface area contributed by atoms with Crippen LogP contribution in [0.15, 0.2) is 23.3 Å². The maximum Gasteiger partial charge on any atom is 0.187 e. The minimum atomic E-state index is -0.317. The van der Waals surface area contributed by atoms with Crippen LogP contribution in [0.1, 0.15) is 32.4 Å². The van der Waals surface area contributed by atoms with E-state index in [1.165, 1.54) is 18.9 Å². The molecular formula is C21H27FN6S. The number of benzene rings is 1. The smallest absolute Gasteiger partial charge is 0.187 e. The molecule has 8 heteroatoms. The Morgan fingerprint density at radius 1 is 1.31 bits per heavy atom. The van der Waals surface area contributed by atoms with Gasteiger partial charge in [-0.2, -0.15) is 5.10 Å². The molecule has 0 saturated carbocycles. The summed E-state index contributed by atoms with van der Waals surface area (Å²) in [4.78, 5) is 11.9. The molecule has 0 radical (unpaired) electrons. The van der Waals surface area contributed by atoms with Crippen LogP contribution in [0.3, 0.4) is 0 Å². The van der Waals surface area contributed by atoms with Gasteiger partial charge in [-0.15, -0.1) is 0 Å². The Bertz CT molecular complexity index is 1110. The third kappa shape index (κ3) is 3.34. The summed E-state index contributed by atoms with van der Waals surface area (Å²) in [5, 5.41) is 10.3. The van der Waals surface area contributed by atoms with Crippen molar-refractivity contribution in [2.24, 2.45) is 17.5 Å². The van der Waals surface area contributed by atoms with Crippen LogP contribution in [0.5, 0.6) is 0 Å². The number of rotatable bonds is 3. The van der Waals surface area contributed by atoms with Crippen LogP contribution >= 0.6 is 11.3 Å². The third-order valence-corrected chi connectivity index (χ3v) is 7.22. The quantitative estimate of drug-likeness (QED) is 0.657. The van der Waals surface area contributed by atoms with Crippen molar-refractivity contribution >= 4 is 38.1 Å². The van der Waals surface area contributed by atoms with E-state index in [4.69, 9.17) is 9.98 Å². The topological polar surface area (TPSA) is 58.3 Å². The highest BCUT2D eigenvalue weighted by Gasteiger charge is 2.44. The molecule has 2 aliphatic rings. The lowest BCUT2D eigenvalue weighted by Gasteiger charge is -2.52. The summed E-state index contributed by atoms with van der Waals surface area (Å²) in [7, 11) is 1.80. The fourth-order valence-electron chi connectivity index (χ4n) is 4.42. The van der Waals surface area contributed by atoms with E-state index < -0.39 is 0 Å². The van der Waals surface area contributed by atoms with Crippen LogP contribution in [0, 0.1) is 18.2 Å². The van der Waals surface area contributed by atoms with Gasteiger partial charge in [0.2, 0.25) is 0 Å². The fraction of sp³-hybridized carbons (Fsp3) is 0.476. The number of piperidine rings is 1. The summed E-state index contributed by atoms with van der Waals surface area (Å²) in [5.41, 5.74) is 3.35. The minimum absolute atomic E-state index is 0. The van der Waals surface area contributed by atoms with Crippen molar-refractivity contribution in [3.05, 3.63) is 35.4 Å². The zero-order chi connectivity index (χ0) is 20.2. The predicted molar refractivity (Wildman–Crippen MR) is 118 cm³/mol. The molecule has 2 fully saturated rings. The summed E-state index contributed by atoms with van der Waals surface area (Å²) in [6, 6.07) is 3.46. The van der Waals surface area contributed by atoms with E-state index in [0.717, 1.165) is 58.7 Å². The highest BCUT2D eigenvalue weighted by molar-refractivity contribution is 7.19. The number of hydrogen-bond donors (Lipinski definition) is 1. The first-order chi connectivity index (χ1) is 13.9. The standard InChI is InChI=1S/C21H25FN6S.H2/c1-13(15-8-16-10-27(3)26-18(16)17(22)9-15)24-19-14(2)25-20(29-19)28-11-21(12-28)4-6-23-7-5-21;/h8-10,23H,4-7,11-12H2,1-3H3;1H/b24-13+;. The van der Waals surface area contributed by atoms with Gasteiger partial charge in [0.15, 0.2) is 10.9 Å². The van der Waals surface area contributed by atoms with E-state index >= 15 is 0 Å². The van der Waals surface area contributed by atoms with Crippen molar-refractivity contribution in [1.82, 2.24) is 20.1 Å². The molecule has 0 bridgehead atoms. The van der Waals surface area contributed by atoms with E-state index in [-0.39, 0.29) is 7.24 Å². The molecule has 3 aromatic rings. The first kappa shape index (κ1) is 18.7. The molecule has 0 unspecified atom stereocenters. The number of aryl methyl sites for hydroxylation is 2. The van der Waals surface area contributed by atoms with Crippen molar-refractivity contribution in [3.8, 4) is 0 Å². The Kier molecular flexibility index (Phi) is 4.43. The Morgan fingerprint density at radius 2 is 2.07 bits per heavy atom. The number of aromatic nitrogens is 3. The maximum atomic E-state index is 14.4. The van der Waals surface area contributed by atoms with Crippen LogP contribution in [-0.4, -0.2) is 46.7 Å². The number of nitrogens with zero attached hydrogens (tertiary/aromatic N) is 5. The molecule has 0 atom stereocenters. The van der Waals surface area contributed by atoms with Gasteiger partial charge < -0.3 is 10.2 Å². The molecule has 1 N–H and O–H groups in total. The first-order valence-electron chi connectivity index (χ1n) is 10.0. The highest BCUT2D eigenvalue weighted by Crippen LogP contribution is 2.44. The molecular weight excluding hydrogens is 387 g/mol. The lowest BCUT2D eigenvalue weighted by atomic mass is 9.73. The Hall–Kier alpha value is -2.32. The van der Waals surface area contributed by atoms with E-state index in [2.05, 4.69) is 15.3 Å². The van der Waals surface area contributed by atoms with Gasteiger partial charge in [-0.25, -0.2) is 14.4 Å². The lowest BCUT2D eigenvalue weighted by molar-refractivity contribution is 0.150. The van der Waals surface area contributed by atoms with E-state index in [1.807, 2.05) is 26.1 Å². The second kappa shape index (κ2) is 6.88. The third-order valence-electron chi connectivity index (χ3n) is 6.11. The predicted octanol–water partition coefficient (Wildman–Crippen LogP) is 4.05. The molecule has 0 amide bonds. The van der Waals surface area contributed by atoms with Gasteiger partial charge in [-0.1, -0.05) is 11.3 Å². The highest BCUT2D eigenvalue weighted by atomic mass is 32.1. The molecule has 4 heterocycles. The molecule has 5 rings (SSSR count). The van der Waals surface area contributed by atoms with E-state index in [9.17, 15) is 4.39 Å². The number of fused-ring (bicyclic) bond motifs is 1. The lowest BCUT2D eigenvalue weighted by Crippen LogP contribution is -2.60. The molecule has 1 spiro atoms. The summed E-state index contributed by atoms with van der Waals surface area (Å²) in [6.07, 6.45) is 4.33. The number of hydrogen-bond acceptors (Lipinski definition) is 6. The van der Waals surface area contributed by atoms with E-state index in [1.54, 1.807) is 23.1 Å². The molecule has 154 valence electrons. The van der Waals surface area contributed by atoms with Crippen LogP contribution in [-0.2, 0) is 7.05 Å². The second-order valence-corrected chi connectivity index (χ2v) is 9.34. The van der Waals surface area contributed by atoms with Crippen LogP contribution in [0.25, 0.3) is 10.9 Å². The Balaban J connectivity index is 0.00000218. The number of thiazole rings is 1. The normalized spacial score (nSPS) is 19.2. The van der Waals surface area contributed by atoms with Crippen LogP contribution in [0.2, 0.25) is 0 Å². The van der Waals surface area contributed by atoms with Gasteiger partial charge in [0.25, 0.3) is 0 Å². The SMILES string of the molecule is C/C(=N\c1sc(N2CC3(CCNCC3)C2)nc1C)c1cc(F)c2nn(C)cc2c1.[HH]. The van der Waals surface area contributed by atoms with Crippen molar-refractivity contribution in [3.63, 3.8) is 0 Å². The first-order valence-corrected chi connectivity index (χ1v) is 10.9. The van der Waals surface area contributed by atoms with Crippen LogP contribution < -0.4 is 10.2 Å². The van der Waals surface area contributed by atoms with E-state index in [0.29, 0.717) is 10.9 Å². The Labute approximate surface area is 174 Å². The summed E-state index contributed by atoms with van der Waals surface area (Å²) in [6.45, 7) is 8.34. The Morgan fingerprint density at radius 3 is 2.83 bits per heavy atom. The largest absolute Gasteiger partial charge is 0.347 e. The summed E-state index contributed by atoms with van der Waals surface area (Å²) in [5.74, 6) is -0.317. The van der Waals surface area contributed by atoms with Crippen LogP contribution in [0.4, 0.5) is 14.5 Å². The number of halogens is 1. The van der Waals surface area contributed by atoms with Gasteiger partial charge >= 0.3 is 0 Å². The molecule has 6 nitrogen and oxygen atoms in total. The van der Waals surface area contributed by atoms with Gasteiger partial charge in [0.1, 0.15) is 10.5 Å². The van der Waals surface area contributed by atoms with Gasteiger partial charge in [-0.3, -0.25) is 4.68 Å². The summed E-state index contributed by atoms with van der Waals surface area (Å²) >= 11 is 1.63. The zero-order valence-electron chi connectivity index (χ0n) is 17.0. The van der Waals surface area contributed by atoms with Gasteiger partial charge in [-0.05, 0) is 57.5 Å². The zero-order valence-corrected chi connectivity index (χ0v) is 17.8. The molecule has 1 aromatic carbocycles. The molecule has 2 saturated heterocycles. The van der Waals surface area contributed by atoms with Crippen molar-refractivity contribution < 1.29 is 5.82 Å². The molecule has 2 aromatic heterocycles. The van der Waals surface area contributed by atoms with Gasteiger partial charge in [0.05, 0.1) is 5.69 Å². The number of anilines is 1. The van der Waals surface area contributed by atoms with Crippen molar-refractivity contribution in [2.45, 2.75) is 26.7 Å². The van der Waals surface area contributed by atoms with Gasteiger partial charge in [0, 0.05) is 44.3 Å². The summed E-state index contributed by atoms with van der Waals surface area (Å²) < 4.78 is 16.1.